The molecule has 0 heterocycles. The fourth-order valence-corrected chi connectivity index (χ4v) is 2.35. The first-order valence-electron chi connectivity index (χ1n) is 5.85. The summed E-state index contributed by atoms with van der Waals surface area (Å²) in [5.74, 6) is -0.596. The predicted molar refractivity (Wildman–Crippen MR) is 70.1 cm³/mol. The highest BCUT2D eigenvalue weighted by atomic mass is 32.2. The van der Waals surface area contributed by atoms with Crippen LogP contribution in [-0.2, 0) is 23.8 Å². The van der Waals surface area contributed by atoms with Gasteiger partial charge < -0.3 is 4.74 Å². The van der Waals surface area contributed by atoms with Gasteiger partial charge in [-0.3, -0.25) is 8.98 Å². The van der Waals surface area contributed by atoms with Crippen LogP contribution >= 0.6 is 0 Å². The highest BCUT2D eigenvalue weighted by Crippen LogP contribution is 2.14. The molecule has 0 N–H and O–H groups in total. The van der Waals surface area contributed by atoms with Crippen molar-refractivity contribution in [1.82, 2.24) is 0 Å². The van der Waals surface area contributed by atoms with Crippen LogP contribution < -0.4 is 0 Å². The monoisotopic (exact) mass is 297 g/mol. The first-order valence-corrected chi connectivity index (χ1v) is 7.26. The van der Waals surface area contributed by atoms with E-state index in [1.54, 1.807) is 18.2 Å². The molecule has 0 spiro atoms. The molecule has 0 saturated heterocycles. The molecule has 0 aliphatic rings. The maximum atomic E-state index is 11.9. The fraction of sp³-hybridized carbons (Fsp3) is 0.385. The first-order chi connectivity index (χ1) is 9.35. The van der Waals surface area contributed by atoms with E-state index in [-0.39, 0.29) is 17.9 Å². The highest BCUT2D eigenvalue weighted by molar-refractivity contribution is 7.86. The number of nitrogens with zero attached hydrogens (tertiary/aromatic N) is 1. The lowest BCUT2D eigenvalue weighted by Gasteiger charge is -2.14. The van der Waals surface area contributed by atoms with Crippen LogP contribution in [0.1, 0.15) is 18.9 Å². The number of hydrogen-bond donors (Lipinski definition) is 0. The summed E-state index contributed by atoms with van der Waals surface area (Å²) in [7, 11) is -3.93. The lowest BCUT2D eigenvalue weighted by atomic mass is 10.2. The number of hydrogen-bond acceptors (Lipinski definition) is 6. The third-order valence-corrected chi connectivity index (χ3v) is 3.67. The van der Waals surface area contributed by atoms with E-state index in [1.165, 1.54) is 19.1 Å². The van der Waals surface area contributed by atoms with E-state index in [4.69, 9.17) is 14.2 Å². The van der Waals surface area contributed by atoms with Crippen molar-refractivity contribution in [2.24, 2.45) is 0 Å². The molecule has 108 valence electrons. The van der Waals surface area contributed by atoms with Crippen LogP contribution in [0, 0.1) is 18.3 Å². The Morgan fingerprint density at radius 2 is 1.95 bits per heavy atom. The molecule has 0 saturated carbocycles. The summed E-state index contributed by atoms with van der Waals surface area (Å²) >= 11 is 0. The van der Waals surface area contributed by atoms with Crippen molar-refractivity contribution in [2.45, 2.75) is 31.3 Å². The van der Waals surface area contributed by atoms with Gasteiger partial charge in [-0.1, -0.05) is 17.7 Å². The van der Waals surface area contributed by atoms with Gasteiger partial charge in [0.2, 0.25) is 0 Å². The number of carbonyl (C=O) groups excluding carboxylic acids is 1. The van der Waals surface area contributed by atoms with Gasteiger partial charge in [-0.15, -0.1) is 0 Å². The van der Waals surface area contributed by atoms with E-state index in [0.29, 0.717) is 0 Å². The minimum absolute atomic E-state index is 0.0154. The Labute approximate surface area is 118 Å². The minimum atomic E-state index is -3.93. The van der Waals surface area contributed by atoms with Crippen molar-refractivity contribution >= 4 is 16.1 Å². The summed E-state index contributed by atoms with van der Waals surface area (Å²) in [5.41, 5.74) is 0.922. The van der Waals surface area contributed by atoms with E-state index in [0.717, 1.165) is 5.56 Å². The molecule has 0 fully saturated rings. The molecular formula is C13H15NO5S. The normalized spacial score (nSPS) is 12.4. The Morgan fingerprint density at radius 3 is 2.45 bits per heavy atom. The summed E-state index contributed by atoms with van der Waals surface area (Å²) in [5, 5.41) is 8.58. The Bertz CT molecular complexity index is 601. The zero-order chi connectivity index (χ0) is 15.2. The van der Waals surface area contributed by atoms with Gasteiger partial charge in [-0.25, -0.2) is 0 Å². The molecular weight excluding hydrogens is 282 g/mol. The summed E-state index contributed by atoms with van der Waals surface area (Å²) in [4.78, 5) is 10.8. The lowest BCUT2D eigenvalue weighted by molar-refractivity contribution is -0.147. The average Bonchev–Trinajstić information content (AvgIpc) is 2.36. The maximum absolute atomic E-state index is 11.9. The van der Waals surface area contributed by atoms with Crippen molar-refractivity contribution in [3.8, 4) is 6.07 Å². The average molecular weight is 297 g/mol. The molecule has 0 unspecified atom stereocenters. The van der Waals surface area contributed by atoms with Crippen LogP contribution in [0.3, 0.4) is 0 Å². The second-order valence-electron chi connectivity index (χ2n) is 4.15. The fourth-order valence-electron chi connectivity index (χ4n) is 1.41. The van der Waals surface area contributed by atoms with Gasteiger partial charge in [-0.05, 0) is 19.1 Å². The van der Waals surface area contributed by atoms with Gasteiger partial charge in [0.15, 0.2) is 0 Å². The van der Waals surface area contributed by atoms with Gasteiger partial charge in [0, 0.05) is 6.92 Å². The van der Waals surface area contributed by atoms with E-state index >= 15 is 0 Å². The van der Waals surface area contributed by atoms with Crippen molar-refractivity contribution in [2.75, 3.05) is 6.61 Å². The number of esters is 1. The molecule has 0 aliphatic carbocycles. The topological polar surface area (TPSA) is 93.5 Å². The number of rotatable bonds is 6. The maximum Gasteiger partial charge on any atom is 0.303 e. The standard InChI is InChI=1S/C13H15NO5S/c1-10-3-5-13(6-4-10)20(16,17)18-9-12(7-8-14)19-11(2)15/h3-6,12H,7,9H2,1-2H3/t12-/m1/s1. The summed E-state index contributed by atoms with van der Waals surface area (Å²) < 4.78 is 33.4. The number of nitriles is 1. The first kappa shape index (κ1) is 16.1. The molecule has 1 aromatic rings. The van der Waals surface area contributed by atoms with E-state index in [2.05, 4.69) is 0 Å². The molecule has 0 aliphatic heterocycles. The molecule has 20 heavy (non-hydrogen) atoms. The highest BCUT2D eigenvalue weighted by Gasteiger charge is 2.20. The van der Waals surface area contributed by atoms with E-state index in [1.807, 2.05) is 6.92 Å². The van der Waals surface area contributed by atoms with Crippen LogP contribution in [0.5, 0.6) is 0 Å². The van der Waals surface area contributed by atoms with E-state index in [9.17, 15) is 13.2 Å². The van der Waals surface area contributed by atoms with Crippen LogP contribution in [0.2, 0.25) is 0 Å². The molecule has 7 heteroatoms. The van der Waals surface area contributed by atoms with Crippen LogP contribution in [0.4, 0.5) is 0 Å². The Balaban J connectivity index is 2.73. The summed E-state index contributed by atoms with van der Waals surface area (Å²) in [6, 6.07) is 7.95. The lowest BCUT2D eigenvalue weighted by Crippen LogP contribution is -2.24. The van der Waals surface area contributed by atoms with Crippen LogP contribution in [0.25, 0.3) is 0 Å². The number of carbonyl (C=O) groups is 1. The molecule has 1 atom stereocenters. The molecule has 0 bridgehead atoms. The molecule has 0 amide bonds. The van der Waals surface area contributed by atoms with Crippen molar-refractivity contribution in [1.29, 1.82) is 5.26 Å². The van der Waals surface area contributed by atoms with Crippen molar-refractivity contribution in [3.63, 3.8) is 0 Å². The summed E-state index contributed by atoms with van der Waals surface area (Å²) in [6.45, 7) is 2.63. The molecule has 0 aromatic heterocycles. The molecule has 6 nitrogen and oxygen atoms in total. The third-order valence-electron chi connectivity index (χ3n) is 2.37. The van der Waals surface area contributed by atoms with Gasteiger partial charge in [0.05, 0.1) is 17.4 Å². The van der Waals surface area contributed by atoms with E-state index < -0.39 is 22.2 Å². The van der Waals surface area contributed by atoms with Crippen LogP contribution in [-0.4, -0.2) is 27.1 Å². The largest absolute Gasteiger partial charge is 0.459 e. The second-order valence-corrected chi connectivity index (χ2v) is 5.76. The predicted octanol–water partition coefficient (Wildman–Crippen LogP) is 1.55. The Hall–Kier alpha value is -1.91. The van der Waals surface area contributed by atoms with Crippen LogP contribution in [0.15, 0.2) is 29.2 Å². The van der Waals surface area contributed by atoms with Crippen molar-refractivity contribution < 1.29 is 22.1 Å². The van der Waals surface area contributed by atoms with Gasteiger partial charge in [0.1, 0.15) is 12.7 Å². The van der Waals surface area contributed by atoms with Gasteiger partial charge in [0.25, 0.3) is 10.1 Å². The molecule has 1 rings (SSSR count). The smallest absolute Gasteiger partial charge is 0.303 e. The Kier molecular flexibility index (Phi) is 5.67. The zero-order valence-corrected chi connectivity index (χ0v) is 12.0. The zero-order valence-electron chi connectivity index (χ0n) is 11.2. The number of ether oxygens (including phenoxy) is 1. The number of aryl methyl sites for hydroxylation is 1. The minimum Gasteiger partial charge on any atom is -0.459 e. The molecule has 1 aromatic carbocycles. The number of benzene rings is 1. The molecule has 0 radical (unpaired) electrons. The van der Waals surface area contributed by atoms with Gasteiger partial charge >= 0.3 is 5.97 Å². The van der Waals surface area contributed by atoms with Crippen molar-refractivity contribution in [3.05, 3.63) is 29.8 Å². The SMILES string of the molecule is CC(=O)O[C@H](CC#N)COS(=O)(=O)c1ccc(C)cc1. The Morgan fingerprint density at radius 1 is 1.35 bits per heavy atom. The summed E-state index contributed by atoms with van der Waals surface area (Å²) in [6.07, 6.45) is -1.04. The van der Waals surface area contributed by atoms with Gasteiger partial charge in [-0.2, -0.15) is 13.7 Å². The third kappa shape index (κ3) is 4.99. The quantitative estimate of drug-likeness (QED) is 0.584. The second kappa shape index (κ2) is 7.03.